The molecule has 1 aromatic heterocycles. The Kier molecular flexibility index (Phi) is 4.52. The highest BCUT2D eigenvalue weighted by atomic mass is 16.5. The first-order chi connectivity index (χ1) is 10.5. The topological polar surface area (TPSA) is 102 Å². The van der Waals surface area contributed by atoms with Crippen LogP contribution in [0, 0.1) is 0 Å². The summed E-state index contributed by atoms with van der Waals surface area (Å²) in [4.78, 5) is 35.3. The van der Waals surface area contributed by atoms with E-state index in [1.165, 1.54) is 23.9 Å². The standard InChI is InChI=1S/C14H14N4O4/c1-18-8-7-11(17-18)16-13(20)12(19)15-10-6-4-3-5-9(10)14(21)22-2/h3-8H,1-2H3,(H,15,19)(H,16,17,20). The lowest BCUT2D eigenvalue weighted by atomic mass is 10.2. The highest BCUT2D eigenvalue weighted by molar-refractivity contribution is 6.43. The van der Waals surface area contributed by atoms with E-state index < -0.39 is 17.8 Å². The van der Waals surface area contributed by atoms with E-state index in [2.05, 4.69) is 20.5 Å². The number of carbonyl (C=O) groups excluding carboxylic acids is 3. The second-order valence-corrected chi connectivity index (χ2v) is 4.32. The number of nitrogens with zero attached hydrogens (tertiary/aromatic N) is 2. The summed E-state index contributed by atoms with van der Waals surface area (Å²) in [7, 11) is 2.91. The van der Waals surface area contributed by atoms with Crippen molar-refractivity contribution in [1.82, 2.24) is 9.78 Å². The number of ether oxygens (including phenoxy) is 1. The number of hydrogen-bond acceptors (Lipinski definition) is 5. The SMILES string of the molecule is COC(=O)c1ccccc1NC(=O)C(=O)Nc1ccn(C)n1. The van der Waals surface area contributed by atoms with E-state index >= 15 is 0 Å². The Hall–Kier alpha value is -3.16. The molecular formula is C14H14N4O4. The molecule has 0 spiro atoms. The third-order valence-electron chi connectivity index (χ3n) is 2.74. The molecule has 2 amide bonds. The normalized spacial score (nSPS) is 9.91. The van der Waals surface area contributed by atoms with Gasteiger partial charge in [0.1, 0.15) is 0 Å². The highest BCUT2D eigenvalue weighted by Crippen LogP contribution is 2.16. The van der Waals surface area contributed by atoms with Gasteiger partial charge in [-0.05, 0) is 12.1 Å². The predicted molar refractivity (Wildman–Crippen MR) is 78.2 cm³/mol. The molecule has 0 bridgehead atoms. The van der Waals surface area contributed by atoms with Crippen LogP contribution in [0.1, 0.15) is 10.4 Å². The minimum atomic E-state index is -0.915. The van der Waals surface area contributed by atoms with Crippen molar-refractivity contribution in [2.45, 2.75) is 0 Å². The second-order valence-electron chi connectivity index (χ2n) is 4.32. The molecule has 0 atom stereocenters. The van der Waals surface area contributed by atoms with Crippen molar-refractivity contribution < 1.29 is 19.1 Å². The Balaban J connectivity index is 2.08. The van der Waals surface area contributed by atoms with Gasteiger partial charge in [-0.25, -0.2) is 4.79 Å². The molecule has 22 heavy (non-hydrogen) atoms. The number of benzene rings is 1. The predicted octanol–water partition coefficient (Wildman–Crippen LogP) is 0.784. The maximum atomic E-state index is 11.9. The van der Waals surface area contributed by atoms with Crippen LogP contribution in [-0.4, -0.2) is 34.7 Å². The molecule has 114 valence electrons. The summed E-state index contributed by atoms with van der Waals surface area (Å²) >= 11 is 0. The van der Waals surface area contributed by atoms with Gasteiger partial charge < -0.3 is 15.4 Å². The first-order valence-electron chi connectivity index (χ1n) is 6.30. The third kappa shape index (κ3) is 3.48. The van der Waals surface area contributed by atoms with Crippen molar-refractivity contribution >= 4 is 29.3 Å². The number of aryl methyl sites for hydroxylation is 1. The molecular weight excluding hydrogens is 288 g/mol. The molecule has 0 radical (unpaired) electrons. The Morgan fingerprint density at radius 1 is 1.09 bits per heavy atom. The number of para-hydroxylation sites is 1. The van der Waals surface area contributed by atoms with Crippen LogP contribution in [-0.2, 0) is 21.4 Å². The molecule has 0 aliphatic heterocycles. The Bertz CT molecular complexity index is 723. The molecule has 0 unspecified atom stereocenters. The number of hydrogen-bond donors (Lipinski definition) is 2. The zero-order valence-corrected chi connectivity index (χ0v) is 12.0. The molecule has 2 aromatic rings. The maximum absolute atomic E-state index is 11.9. The fraction of sp³-hybridized carbons (Fsp3) is 0.143. The Morgan fingerprint density at radius 3 is 2.41 bits per heavy atom. The van der Waals surface area contributed by atoms with Crippen LogP contribution in [0.4, 0.5) is 11.5 Å². The van der Waals surface area contributed by atoms with Gasteiger partial charge in [-0.2, -0.15) is 5.10 Å². The molecule has 1 aromatic carbocycles. The maximum Gasteiger partial charge on any atom is 0.339 e. The van der Waals surface area contributed by atoms with Gasteiger partial charge in [0, 0.05) is 19.3 Å². The van der Waals surface area contributed by atoms with E-state index in [4.69, 9.17) is 0 Å². The molecule has 1 heterocycles. The first kappa shape index (κ1) is 15.2. The molecule has 8 heteroatoms. The summed E-state index contributed by atoms with van der Waals surface area (Å²) in [6.45, 7) is 0. The van der Waals surface area contributed by atoms with E-state index in [0.29, 0.717) is 0 Å². The zero-order chi connectivity index (χ0) is 16.1. The minimum absolute atomic E-state index is 0.156. The average molecular weight is 302 g/mol. The number of rotatable bonds is 3. The quantitative estimate of drug-likeness (QED) is 0.644. The molecule has 2 rings (SSSR count). The molecule has 0 fully saturated rings. The van der Waals surface area contributed by atoms with Gasteiger partial charge in [0.05, 0.1) is 18.4 Å². The third-order valence-corrected chi connectivity index (χ3v) is 2.74. The van der Waals surface area contributed by atoms with Gasteiger partial charge in [-0.1, -0.05) is 12.1 Å². The largest absolute Gasteiger partial charge is 0.465 e. The second kappa shape index (κ2) is 6.53. The van der Waals surface area contributed by atoms with Crippen LogP contribution in [0.25, 0.3) is 0 Å². The molecule has 0 aliphatic carbocycles. The molecule has 2 N–H and O–H groups in total. The van der Waals surface area contributed by atoms with Crippen molar-refractivity contribution in [2.24, 2.45) is 7.05 Å². The van der Waals surface area contributed by atoms with Crippen LogP contribution in [0.5, 0.6) is 0 Å². The van der Waals surface area contributed by atoms with Crippen molar-refractivity contribution in [2.75, 3.05) is 17.7 Å². The number of aromatic nitrogens is 2. The number of carbonyl (C=O) groups is 3. The number of nitrogens with one attached hydrogen (secondary N) is 2. The van der Waals surface area contributed by atoms with Crippen LogP contribution >= 0.6 is 0 Å². The van der Waals surface area contributed by atoms with E-state index in [0.717, 1.165) is 0 Å². The fourth-order valence-electron chi connectivity index (χ4n) is 1.71. The van der Waals surface area contributed by atoms with Crippen LogP contribution in [0.2, 0.25) is 0 Å². The molecule has 0 saturated heterocycles. The average Bonchev–Trinajstić information content (AvgIpc) is 2.92. The van der Waals surface area contributed by atoms with Gasteiger partial charge in [-0.3, -0.25) is 14.3 Å². The van der Waals surface area contributed by atoms with Gasteiger partial charge >= 0.3 is 17.8 Å². The van der Waals surface area contributed by atoms with E-state index in [1.807, 2.05) is 0 Å². The van der Waals surface area contributed by atoms with Crippen LogP contribution < -0.4 is 10.6 Å². The van der Waals surface area contributed by atoms with E-state index in [1.54, 1.807) is 31.4 Å². The zero-order valence-electron chi connectivity index (χ0n) is 12.0. The lowest BCUT2D eigenvalue weighted by Gasteiger charge is -2.09. The summed E-state index contributed by atoms with van der Waals surface area (Å²) < 4.78 is 6.10. The number of anilines is 2. The van der Waals surface area contributed by atoms with Gasteiger partial charge in [0.15, 0.2) is 5.82 Å². The molecule has 0 aliphatic rings. The van der Waals surface area contributed by atoms with Gasteiger partial charge in [-0.15, -0.1) is 0 Å². The summed E-state index contributed by atoms with van der Waals surface area (Å²) in [6.07, 6.45) is 1.63. The lowest BCUT2D eigenvalue weighted by molar-refractivity contribution is -0.133. The smallest absolute Gasteiger partial charge is 0.339 e. The van der Waals surface area contributed by atoms with Crippen LogP contribution in [0.3, 0.4) is 0 Å². The van der Waals surface area contributed by atoms with Crippen molar-refractivity contribution in [3.05, 3.63) is 42.1 Å². The number of amides is 2. The highest BCUT2D eigenvalue weighted by Gasteiger charge is 2.18. The lowest BCUT2D eigenvalue weighted by Crippen LogP contribution is -2.30. The first-order valence-corrected chi connectivity index (χ1v) is 6.30. The van der Waals surface area contributed by atoms with Gasteiger partial charge in [0.2, 0.25) is 0 Å². The Morgan fingerprint density at radius 2 is 1.77 bits per heavy atom. The molecule has 8 nitrogen and oxygen atoms in total. The van der Waals surface area contributed by atoms with Crippen LogP contribution in [0.15, 0.2) is 36.5 Å². The van der Waals surface area contributed by atoms with Crippen molar-refractivity contribution in [1.29, 1.82) is 0 Å². The van der Waals surface area contributed by atoms with Crippen molar-refractivity contribution in [3.8, 4) is 0 Å². The minimum Gasteiger partial charge on any atom is -0.465 e. The van der Waals surface area contributed by atoms with Gasteiger partial charge in [0.25, 0.3) is 0 Å². The van der Waals surface area contributed by atoms with Crippen molar-refractivity contribution in [3.63, 3.8) is 0 Å². The van der Waals surface area contributed by atoms with E-state index in [-0.39, 0.29) is 17.1 Å². The Labute approximate surface area is 126 Å². The number of methoxy groups -OCH3 is 1. The summed E-state index contributed by atoms with van der Waals surface area (Å²) in [5, 5.41) is 8.64. The summed E-state index contributed by atoms with van der Waals surface area (Å²) in [5.41, 5.74) is 0.347. The monoisotopic (exact) mass is 302 g/mol. The van der Waals surface area contributed by atoms with E-state index in [9.17, 15) is 14.4 Å². The number of esters is 1. The summed E-state index contributed by atoms with van der Waals surface area (Å²) in [5.74, 6) is -2.16. The molecule has 0 saturated carbocycles. The summed E-state index contributed by atoms with van der Waals surface area (Å²) in [6, 6.07) is 7.78. The fourth-order valence-corrected chi connectivity index (χ4v) is 1.71.